The molecule has 0 aliphatic heterocycles. The predicted octanol–water partition coefficient (Wildman–Crippen LogP) is 3.64. The summed E-state index contributed by atoms with van der Waals surface area (Å²) in [5, 5.41) is 13.8. The Bertz CT molecular complexity index is 846. The van der Waals surface area contributed by atoms with Gasteiger partial charge >= 0.3 is 5.97 Å². The quantitative estimate of drug-likeness (QED) is 0.291. The lowest BCUT2D eigenvalue weighted by Gasteiger charge is -2.11. The summed E-state index contributed by atoms with van der Waals surface area (Å²) in [6.07, 6.45) is 2.09. The van der Waals surface area contributed by atoms with E-state index in [2.05, 4.69) is 14.7 Å². The maximum absolute atomic E-state index is 14.0. The third-order valence-corrected chi connectivity index (χ3v) is 3.14. The van der Waals surface area contributed by atoms with Gasteiger partial charge in [-0.15, -0.1) is 0 Å². The second kappa shape index (κ2) is 7.65. The van der Waals surface area contributed by atoms with Gasteiger partial charge in [-0.3, -0.25) is 0 Å². The Hall–Kier alpha value is -3.10. The maximum Gasteiger partial charge on any atom is 0.343 e. The van der Waals surface area contributed by atoms with E-state index in [-0.39, 0.29) is 18.5 Å². The number of hydrogen-bond donors (Lipinski definition) is 1. The second-order valence-corrected chi connectivity index (χ2v) is 4.75. The lowest BCUT2D eigenvalue weighted by Crippen LogP contribution is -2.13. The average molecular weight is 354 g/mol. The van der Waals surface area contributed by atoms with Gasteiger partial charge in [-0.25, -0.2) is 23.0 Å². The van der Waals surface area contributed by atoms with Gasteiger partial charge in [-0.2, -0.15) is 0 Å². The third-order valence-electron chi connectivity index (χ3n) is 3.14. The number of nitrogens with zero attached hydrogens (tertiary/aromatic N) is 2. The van der Waals surface area contributed by atoms with Crippen LogP contribution in [-0.4, -0.2) is 29.1 Å². The number of aliphatic imine (C=N–C) groups is 1. The van der Waals surface area contributed by atoms with Gasteiger partial charge in [0.05, 0.1) is 12.2 Å². The number of aromatic nitrogens is 1. The first-order chi connectivity index (χ1) is 11.9. The van der Waals surface area contributed by atoms with Crippen molar-refractivity contribution >= 4 is 23.8 Å². The van der Waals surface area contributed by atoms with E-state index in [9.17, 15) is 23.1 Å². The largest absolute Gasteiger partial charge is 0.506 e. The van der Waals surface area contributed by atoms with E-state index in [0.29, 0.717) is 0 Å². The highest BCUT2D eigenvalue weighted by molar-refractivity contribution is 6.15. The molecule has 25 heavy (non-hydrogen) atoms. The summed E-state index contributed by atoms with van der Waals surface area (Å²) in [5.41, 5.74) is -1.74. The van der Waals surface area contributed by atoms with Crippen LogP contribution in [0.1, 0.15) is 18.1 Å². The molecule has 0 aliphatic carbocycles. The fraction of sp³-hybridized carbons (Fsp3) is 0.188. The van der Waals surface area contributed by atoms with Gasteiger partial charge in [0.15, 0.2) is 17.5 Å². The van der Waals surface area contributed by atoms with Crippen molar-refractivity contribution in [3.63, 3.8) is 0 Å². The number of hydrogen-bond acceptors (Lipinski definition) is 6. The van der Waals surface area contributed by atoms with Crippen LogP contribution in [-0.2, 0) is 9.53 Å². The topological polar surface area (TPSA) is 84.9 Å². The predicted molar refractivity (Wildman–Crippen MR) is 81.9 cm³/mol. The summed E-state index contributed by atoms with van der Waals surface area (Å²) in [5.74, 6) is -5.92. The van der Waals surface area contributed by atoms with Crippen LogP contribution in [0.15, 0.2) is 33.5 Å². The average Bonchev–Trinajstić information content (AvgIpc) is 3.06. The smallest absolute Gasteiger partial charge is 0.343 e. The van der Waals surface area contributed by atoms with Crippen molar-refractivity contribution in [3.05, 3.63) is 52.5 Å². The molecule has 132 valence electrons. The number of ether oxygens (including phenoxy) is 1. The van der Waals surface area contributed by atoms with E-state index in [1.807, 2.05) is 0 Å². The molecule has 0 saturated carbocycles. The molecule has 0 radical (unpaired) electrons. The number of carbonyl (C=O) groups is 1. The van der Waals surface area contributed by atoms with Gasteiger partial charge < -0.3 is 14.4 Å². The molecule has 0 spiro atoms. The van der Waals surface area contributed by atoms with E-state index in [1.165, 1.54) is 19.3 Å². The number of halogens is 3. The highest BCUT2D eigenvalue weighted by Crippen LogP contribution is 2.27. The van der Waals surface area contributed by atoms with Gasteiger partial charge in [0.2, 0.25) is 0 Å². The minimum absolute atomic E-state index is 0.0351. The molecule has 2 aromatic rings. The van der Waals surface area contributed by atoms with Crippen LogP contribution in [0.2, 0.25) is 0 Å². The summed E-state index contributed by atoms with van der Waals surface area (Å²) in [6.45, 7) is 2.54. The Morgan fingerprint density at radius 2 is 2.12 bits per heavy atom. The first-order valence-electron chi connectivity index (χ1n) is 7.06. The normalized spacial score (nSPS) is 12.4. The van der Waals surface area contributed by atoms with Crippen LogP contribution in [0.4, 0.5) is 19.0 Å². The van der Waals surface area contributed by atoms with Gasteiger partial charge in [0.25, 0.3) is 0 Å². The van der Waals surface area contributed by atoms with Gasteiger partial charge in [-0.05, 0) is 13.8 Å². The molecule has 1 N–H and O–H groups in total. The standard InChI is InChI=1S/C16H13F3N2O4/c1-3-24-16(23)9(7-20-12-4-5-25-21-12)15(22)13-8(2)14(19)11(18)6-10(13)17/h4-7,22H,3H2,1-2H3. The minimum atomic E-state index is -1.42. The molecule has 0 unspecified atom stereocenters. The summed E-state index contributed by atoms with van der Waals surface area (Å²) < 4.78 is 50.3. The Labute approximate surface area is 140 Å². The van der Waals surface area contributed by atoms with E-state index in [1.54, 1.807) is 0 Å². The highest BCUT2D eigenvalue weighted by atomic mass is 19.2. The summed E-state index contributed by atoms with van der Waals surface area (Å²) in [4.78, 5) is 15.8. The number of aliphatic hydroxyl groups excluding tert-OH is 1. The zero-order valence-corrected chi connectivity index (χ0v) is 13.2. The lowest BCUT2D eigenvalue weighted by atomic mass is 10.0. The fourth-order valence-corrected chi connectivity index (χ4v) is 1.96. The number of aliphatic hydroxyl groups is 1. The van der Waals surface area contributed by atoms with Gasteiger partial charge in [0, 0.05) is 23.9 Å². The summed E-state index contributed by atoms with van der Waals surface area (Å²) >= 11 is 0. The number of rotatable bonds is 5. The molecule has 1 aromatic carbocycles. The molecule has 2 rings (SSSR count). The molecule has 1 heterocycles. The molecule has 0 amide bonds. The van der Waals surface area contributed by atoms with Crippen molar-refractivity contribution in [1.82, 2.24) is 5.16 Å². The molecule has 1 aromatic heterocycles. The van der Waals surface area contributed by atoms with Crippen molar-refractivity contribution in [2.75, 3.05) is 6.61 Å². The monoisotopic (exact) mass is 354 g/mol. The SMILES string of the molecule is CCOC(=O)C(C=Nc1ccon1)=C(O)c1c(F)cc(F)c(F)c1C. The Morgan fingerprint density at radius 1 is 1.40 bits per heavy atom. The van der Waals surface area contributed by atoms with Gasteiger partial charge in [0.1, 0.15) is 23.4 Å². The molecule has 0 aliphatic rings. The Morgan fingerprint density at radius 3 is 2.72 bits per heavy atom. The van der Waals surface area contributed by atoms with E-state index < -0.39 is 45.9 Å². The van der Waals surface area contributed by atoms with Crippen molar-refractivity contribution in [2.24, 2.45) is 4.99 Å². The van der Waals surface area contributed by atoms with Crippen LogP contribution >= 0.6 is 0 Å². The van der Waals surface area contributed by atoms with Crippen LogP contribution < -0.4 is 0 Å². The first kappa shape index (κ1) is 18.2. The lowest BCUT2D eigenvalue weighted by molar-refractivity contribution is -0.137. The number of esters is 1. The highest BCUT2D eigenvalue weighted by Gasteiger charge is 2.24. The zero-order valence-electron chi connectivity index (χ0n) is 13.2. The molecule has 0 bridgehead atoms. The summed E-state index contributed by atoms with van der Waals surface area (Å²) in [6, 6.07) is 1.63. The molecule has 0 saturated heterocycles. The van der Waals surface area contributed by atoms with Crippen LogP contribution in [0.25, 0.3) is 5.76 Å². The van der Waals surface area contributed by atoms with Crippen molar-refractivity contribution < 1.29 is 32.3 Å². The molecule has 6 nitrogen and oxygen atoms in total. The fourth-order valence-electron chi connectivity index (χ4n) is 1.96. The molecular weight excluding hydrogens is 341 g/mol. The molecule has 9 heteroatoms. The third kappa shape index (κ3) is 3.87. The Balaban J connectivity index is 2.61. The van der Waals surface area contributed by atoms with Crippen LogP contribution in [0.3, 0.4) is 0 Å². The first-order valence-corrected chi connectivity index (χ1v) is 7.06. The van der Waals surface area contributed by atoms with Crippen LogP contribution in [0, 0.1) is 24.4 Å². The van der Waals surface area contributed by atoms with Crippen molar-refractivity contribution in [1.29, 1.82) is 0 Å². The van der Waals surface area contributed by atoms with E-state index in [0.717, 1.165) is 13.1 Å². The number of carbonyl (C=O) groups excluding carboxylic acids is 1. The van der Waals surface area contributed by atoms with Crippen molar-refractivity contribution in [2.45, 2.75) is 13.8 Å². The molecule has 0 fully saturated rings. The van der Waals surface area contributed by atoms with Crippen molar-refractivity contribution in [3.8, 4) is 0 Å². The minimum Gasteiger partial charge on any atom is -0.506 e. The van der Waals surface area contributed by atoms with Gasteiger partial charge in [-0.1, -0.05) is 5.16 Å². The summed E-state index contributed by atoms with van der Waals surface area (Å²) in [7, 11) is 0. The second-order valence-electron chi connectivity index (χ2n) is 4.75. The zero-order chi connectivity index (χ0) is 18.6. The maximum atomic E-state index is 14.0. The molecule has 0 atom stereocenters. The van der Waals surface area contributed by atoms with E-state index in [4.69, 9.17) is 4.74 Å². The number of benzene rings is 1. The van der Waals surface area contributed by atoms with E-state index >= 15 is 0 Å². The molecular formula is C16H13F3N2O4. The Kier molecular flexibility index (Phi) is 5.58. The van der Waals surface area contributed by atoms with Crippen LogP contribution in [0.5, 0.6) is 0 Å².